The molecule has 2 heteroatoms. The molecule has 2 rings (SSSR count). The Balaban J connectivity index is 1.96. The van der Waals surface area contributed by atoms with E-state index in [0.29, 0.717) is 5.92 Å². The highest BCUT2D eigenvalue weighted by Gasteiger charge is 2.34. The number of unbranched alkanes of at least 4 members (excludes halogenated alkanes) is 1. The van der Waals surface area contributed by atoms with Crippen molar-refractivity contribution in [3.05, 3.63) is 48.6 Å². The largest absolute Gasteiger partial charge is 0.353 e. The van der Waals surface area contributed by atoms with E-state index in [2.05, 4.69) is 25.6 Å². The maximum atomic E-state index is 6.00. The molecular weight excluding hydrogens is 224 g/mol. The van der Waals surface area contributed by atoms with Crippen LogP contribution in [0.2, 0.25) is 0 Å². The van der Waals surface area contributed by atoms with Crippen LogP contribution in [0.4, 0.5) is 0 Å². The number of hydrogen-bond acceptors (Lipinski definition) is 2. The van der Waals surface area contributed by atoms with Crippen LogP contribution in [0.3, 0.4) is 0 Å². The van der Waals surface area contributed by atoms with Gasteiger partial charge in [0.1, 0.15) is 0 Å². The lowest BCUT2D eigenvalue weighted by Crippen LogP contribution is -2.12. The lowest BCUT2D eigenvalue weighted by atomic mass is 9.95. The van der Waals surface area contributed by atoms with Crippen LogP contribution in [-0.4, -0.2) is 12.9 Å². The van der Waals surface area contributed by atoms with Gasteiger partial charge >= 0.3 is 0 Å². The van der Waals surface area contributed by atoms with Gasteiger partial charge in [0.25, 0.3) is 0 Å². The molecule has 1 aliphatic rings. The predicted molar refractivity (Wildman–Crippen MR) is 73.2 cm³/mol. The van der Waals surface area contributed by atoms with Gasteiger partial charge in [0, 0.05) is 18.9 Å². The summed E-state index contributed by atoms with van der Waals surface area (Å²) in [5.74, 6) is 0.346. The van der Waals surface area contributed by atoms with E-state index < -0.39 is 0 Å². The van der Waals surface area contributed by atoms with Crippen LogP contribution in [0.1, 0.15) is 37.9 Å². The second-order valence-electron chi connectivity index (χ2n) is 4.76. The van der Waals surface area contributed by atoms with Gasteiger partial charge in [-0.2, -0.15) is 0 Å². The highest BCUT2D eigenvalue weighted by atomic mass is 16.7. The molecule has 2 nitrogen and oxygen atoms in total. The Morgan fingerprint density at radius 3 is 2.83 bits per heavy atom. The average molecular weight is 246 g/mol. The number of ether oxygens (including phenoxy) is 2. The summed E-state index contributed by atoms with van der Waals surface area (Å²) in [7, 11) is 0. The van der Waals surface area contributed by atoms with Crippen molar-refractivity contribution in [3.8, 4) is 0 Å². The molecule has 0 saturated carbocycles. The van der Waals surface area contributed by atoms with Crippen molar-refractivity contribution >= 4 is 0 Å². The predicted octanol–water partition coefficient (Wildman–Crippen LogP) is 4.09. The van der Waals surface area contributed by atoms with Gasteiger partial charge in [0.15, 0.2) is 6.29 Å². The molecule has 0 aromatic heterocycles. The molecule has 1 aromatic rings. The van der Waals surface area contributed by atoms with Gasteiger partial charge in [0.05, 0.1) is 6.10 Å². The Hall–Kier alpha value is -1.12. The van der Waals surface area contributed by atoms with E-state index in [9.17, 15) is 0 Å². The van der Waals surface area contributed by atoms with E-state index >= 15 is 0 Å². The molecule has 1 aliphatic heterocycles. The summed E-state index contributed by atoms with van der Waals surface area (Å²) < 4.78 is 11.8. The molecule has 18 heavy (non-hydrogen) atoms. The molecule has 3 atom stereocenters. The lowest BCUT2D eigenvalue weighted by Gasteiger charge is -2.16. The third-order valence-corrected chi connectivity index (χ3v) is 3.38. The van der Waals surface area contributed by atoms with Crippen LogP contribution in [0.5, 0.6) is 0 Å². The van der Waals surface area contributed by atoms with E-state index in [1.54, 1.807) is 0 Å². The number of benzene rings is 1. The molecule has 1 heterocycles. The Morgan fingerprint density at radius 1 is 1.39 bits per heavy atom. The zero-order chi connectivity index (χ0) is 12.8. The Labute approximate surface area is 110 Å². The van der Waals surface area contributed by atoms with Crippen molar-refractivity contribution in [2.75, 3.05) is 6.61 Å². The van der Waals surface area contributed by atoms with Crippen LogP contribution < -0.4 is 0 Å². The summed E-state index contributed by atoms with van der Waals surface area (Å²) >= 11 is 0. The van der Waals surface area contributed by atoms with Gasteiger partial charge in [-0.25, -0.2) is 0 Å². The molecule has 0 spiro atoms. The van der Waals surface area contributed by atoms with Crippen molar-refractivity contribution in [2.24, 2.45) is 5.92 Å². The molecule has 1 fully saturated rings. The highest BCUT2D eigenvalue weighted by molar-refractivity contribution is 5.20. The molecule has 0 aliphatic carbocycles. The minimum atomic E-state index is -0.0789. The smallest absolute Gasteiger partial charge is 0.159 e. The average Bonchev–Trinajstić information content (AvgIpc) is 2.83. The third kappa shape index (κ3) is 3.21. The van der Waals surface area contributed by atoms with Crippen molar-refractivity contribution in [1.29, 1.82) is 0 Å². The van der Waals surface area contributed by atoms with Crippen molar-refractivity contribution in [3.63, 3.8) is 0 Å². The zero-order valence-corrected chi connectivity index (χ0v) is 11.0. The van der Waals surface area contributed by atoms with E-state index in [4.69, 9.17) is 9.47 Å². The van der Waals surface area contributed by atoms with Gasteiger partial charge < -0.3 is 9.47 Å². The molecule has 0 N–H and O–H groups in total. The molecule has 1 saturated heterocycles. The quantitative estimate of drug-likeness (QED) is 0.556. The van der Waals surface area contributed by atoms with Crippen LogP contribution in [0.15, 0.2) is 43.0 Å². The van der Waals surface area contributed by atoms with Crippen LogP contribution in [0, 0.1) is 5.92 Å². The first-order valence-electron chi connectivity index (χ1n) is 6.79. The van der Waals surface area contributed by atoms with Crippen molar-refractivity contribution in [2.45, 2.75) is 38.6 Å². The van der Waals surface area contributed by atoms with Crippen LogP contribution >= 0.6 is 0 Å². The van der Waals surface area contributed by atoms with E-state index in [1.165, 1.54) is 5.56 Å². The number of rotatable bonds is 6. The van der Waals surface area contributed by atoms with Gasteiger partial charge in [0.2, 0.25) is 0 Å². The minimum absolute atomic E-state index is 0.0789. The summed E-state index contributed by atoms with van der Waals surface area (Å²) in [4.78, 5) is 0. The normalized spacial score (nSPS) is 27.3. The third-order valence-electron chi connectivity index (χ3n) is 3.38. The summed E-state index contributed by atoms with van der Waals surface area (Å²) in [6, 6.07) is 10.3. The first kappa shape index (κ1) is 13.3. The van der Waals surface area contributed by atoms with Gasteiger partial charge in [-0.1, -0.05) is 49.8 Å². The molecular formula is C16H22O2. The fourth-order valence-electron chi connectivity index (χ4n) is 2.32. The van der Waals surface area contributed by atoms with E-state index in [0.717, 1.165) is 25.9 Å². The molecule has 0 radical (unpaired) electrons. The molecule has 98 valence electrons. The first-order valence-corrected chi connectivity index (χ1v) is 6.79. The van der Waals surface area contributed by atoms with Gasteiger partial charge in [-0.05, 0) is 12.0 Å². The summed E-state index contributed by atoms with van der Waals surface area (Å²) in [6.07, 6.45) is 5.15. The number of hydrogen-bond donors (Lipinski definition) is 0. The zero-order valence-electron chi connectivity index (χ0n) is 11.0. The summed E-state index contributed by atoms with van der Waals surface area (Å²) in [5.41, 5.74) is 1.21. The summed E-state index contributed by atoms with van der Waals surface area (Å²) in [6.45, 7) is 6.86. The minimum Gasteiger partial charge on any atom is -0.353 e. The van der Waals surface area contributed by atoms with Crippen LogP contribution in [0.25, 0.3) is 0 Å². The second kappa shape index (κ2) is 6.72. The Morgan fingerprint density at radius 2 is 2.17 bits per heavy atom. The fourth-order valence-corrected chi connectivity index (χ4v) is 2.32. The molecule has 0 amide bonds. The van der Waals surface area contributed by atoms with Crippen molar-refractivity contribution < 1.29 is 9.47 Å². The SMILES string of the molecule is C=CC1CC(OCCCC)OC1c1ccccc1. The first-order chi connectivity index (χ1) is 8.85. The standard InChI is InChI=1S/C16H22O2/c1-3-5-11-17-15-12-13(4-2)16(18-15)14-9-7-6-8-10-14/h4,6-10,13,15-16H,2-3,5,11-12H2,1H3. The molecule has 3 unspecified atom stereocenters. The Bertz CT molecular complexity index is 361. The van der Waals surface area contributed by atoms with Crippen LogP contribution in [-0.2, 0) is 9.47 Å². The monoisotopic (exact) mass is 246 g/mol. The fraction of sp³-hybridized carbons (Fsp3) is 0.500. The van der Waals surface area contributed by atoms with Gasteiger partial charge in [-0.3, -0.25) is 0 Å². The van der Waals surface area contributed by atoms with Crippen molar-refractivity contribution in [1.82, 2.24) is 0 Å². The highest BCUT2D eigenvalue weighted by Crippen LogP contribution is 2.39. The maximum Gasteiger partial charge on any atom is 0.159 e. The van der Waals surface area contributed by atoms with E-state index in [-0.39, 0.29) is 12.4 Å². The van der Waals surface area contributed by atoms with E-state index in [1.807, 2.05) is 24.3 Å². The second-order valence-corrected chi connectivity index (χ2v) is 4.76. The summed E-state index contributed by atoms with van der Waals surface area (Å²) in [5, 5.41) is 0. The Kier molecular flexibility index (Phi) is 4.97. The topological polar surface area (TPSA) is 18.5 Å². The maximum absolute atomic E-state index is 6.00. The lowest BCUT2D eigenvalue weighted by molar-refractivity contribution is -0.135. The molecule has 0 bridgehead atoms. The van der Waals surface area contributed by atoms with Gasteiger partial charge in [-0.15, -0.1) is 6.58 Å². The molecule has 1 aromatic carbocycles.